The molecule has 0 unspecified atom stereocenters. The van der Waals surface area contributed by atoms with Crippen LogP contribution in [0.15, 0.2) is 36.4 Å². The lowest BCUT2D eigenvalue weighted by atomic mass is 10.1. The van der Waals surface area contributed by atoms with Gasteiger partial charge >= 0.3 is 5.97 Å². The lowest BCUT2D eigenvalue weighted by Gasteiger charge is -2.23. The molecular weight excluding hydrogens is 242 g/mol. The fraction of sp³-hybridized carbons (Fsp3) is 0.333. The van der Waals surface area contributed by atoms with Gasteiger partial charge in [-0.1, -0.05) is 36.8 Å². The van der Waals surface area contributed by atoms with Gasteiger partial charge in [0.1, 0.15) is 0 Å². The van der Waals surface area contributed by atoms with E-state index in [2.05, 4.69) is 0 Å². The lowest BCUT2D eigenvalue weighted by Crippen LogP contribution is -2.29. The minimum Gasteiger partial charge on any atom is -0.478 e. The number of hydrogen-bond acceptors (Lipinski definition) is 2. The molecule has 0 bridgehead atoms. The van der Waals surface area contributed by atoms with Crippen molar-refractivity contribution >= 4 is 17.6 Å². The number of carboxylic acid groups (broad SMARTS) is 1. The highest BCUT2D eigenvalue weighted by Gasteiger charge is 2.21. The first-order chi connectivity index (χ1) is 9.18. The van der Waals surface area contributed by atoms with Crippen LogP contribution in [0.3, 0.4) is 0 Å². The highest BCUT2D eigenvalue weighted by molar-refractivity contribution is 5.95. The molecule has 4 nitrogen and oxygen atoms in total. The van der Waals surface area contributed by atoms with Crippen molar-refractivity contribution in [3.63, 3.8) is 0 Å². The molecule has 1 aromatic rings. The number of nitrogens with zero attached hydrogens (tertiary/aromatic N) is 1. The summed E-state index contributed by atoms with van der Waals surface area (Å²) in [5, 5.41) is 9.02. The van der Waals surface area contributed by atoms with Crippen molar-refractivity contribution in [3.05, 3.63) is 42.0 Å². The van der Waals surface area contributed by atoms with Crippen LogP contribution in [0.1, 0.15) is 31.2 Å². The van der Waals surface area contributed by atoms with Crippen LogP contribution in [-0.2, 0) is 9.59 Å². The molecule has 0 radical (unpaired) electrons. The third-order valence-electron chi connectivity index (χ3n) is 3.19. The summed E-state index contributed by atoms with van der Waals surface area (Å²) in [7, 11) is 0. The maximum Gasteiger partial charge on any atom is 0.330 e. The Hall–Kier alpha value is -2.10. The standard InChI is InChI=1S/C15H17NO3/c17-14-9-5-2-6-10-16(14)13(11-15(18)19)12-7-3-1-4-8-12/h1,3-4,7-8,11H,2,5-6,9-10H2,(H,18,19). The van der Waals surface area contributed by atoms with Crippen LogP contribution in [0.2, 0.25) is 0 Å². The fourth-order valence-electron chi connectivity index (χ4n) is 2.28. The van der Waals surface area contributed by atoms with Gasteiger partial charge in [-0.25, -0.2) is 4.79 Å². The number of likely N-dealkylation sites (tertiary alicyclic amines) is 1. The van der Waals surface area contributed by atoms with E-state index in [9.17, 15) is 9.59 Å². The van der Waals surface area contributed by atoms with Crippen LogP contribution in [-0.4, -0.2) is 28.4 Å². The average Bonchev–Trinajstić information content (AvgIpc) is 2.62. The normalized spacial score (nSPS) is 17.2. The first-order valence-corrected chi connectivity index (χ1v) is 6.49. The topological polar surface area (TPSA) is 57.6 Å². The molecule has 1 heterocycles. The second kappa shape index (κ2) is 6.18. The summed E-state index contributed by atoms with van der Waals surface area (Å²) in [6.45, 7) is 0.590. The first-order valence-electron chi connectivity index (χ1n) is 6.49. The van der Waals surface area contributed by atoms with Gasteiger partial charge < -0.3 is 10.0 Å². The van der Waals surface area contributed by atoms with E-state index in [-0.39, 0.29) is 5.91 Å². The molecule has 1 N–H and O–H groups in total. The number of aliphatic carboxylic acids is 1. The van der Waals surface area contributed by atoms with Crippen LogP contribution in [0.4, 0.5) is 0 Å². The van der Waals surface area contributed by atoms with Crippen LogP contribution in [0, 0.1) is 0 Å². The Labute approximate surface area is 112 Å². The largest absolute Gasteiger partial charge is 0.478 e. The molecule has 1 fully saturated rings. The Morgan fingerprint density at radius 1 is 1.16 bits per heavy atom. The molecule has 1 saturated heterocycles. The number of carboxylic acids is 1. The Kier molecular flexibility index (Phi) is 4.34. The smallest absolute Gasteiger partial charge is 0.330 e. The van der Waals surface area contributed by atoms with Gasteiger partial charge in [-0.3, -0.25) is 4.79 Å². The number of carbonyl (C=O) groups excluding carboxylic acids is 1. The van der Waals surface area contributed by atoms with Crippen molar-refractivity contribution in [2.24, 2.45) is 0 Å². The number of benzene rings is 1. The van der Waals surface area contributed by atoms with Gasteiger partial charge in [-0.05, 0) is 18.4 Å². The van der Waals surface area contributed by atoms with Gasteiger partial charge in [0.25, 0.3) is 0 Å². The molecule has 1 amide bonds. The summed E-state index contributed by atoms with van der Waals surface area (Å²) in [5.74, 6) is -1.02. The van der Waals surface area contributed by atoms with Gasteiger partial charge in [0, 0.05) is 19.0 Å². The molecule has 0 aliphatic carbocycles. The maximum absolute atomic E-state index is 12.1. The predicted octanol–water partition coefficient (Wildman–Crippen LogP) is 2.51. The van der Waals surface area contributed by atoms with E-state index < -0.39 is 5.97 Å². The van der Waals surface area contributed by atoms with Gasteiger partial charge in [0.05, 0.1) is 5.70 Å². The van der Waals surface area contributed by atoms with E-state index in [0.717, 1.165) is 30.9 Å². The molecule has 100 valence electrons. The van der Waals surface area contributed by atoms with Gasteiger partial charge in [-0.15, -0.1) is 0 Å². The zero-order chi connectivity index (χ0) is 13.7. The summed E-state index contributed by atoms with van der Waals surface area (Å²) in [4.78, 5) is 24.7. The minimum absolute atomic E-state index is 0.00820. The van der Waals surface area contributed by atoms with Crippen molar-refractivity contribution in [2.75, 3.05) is 6.54 Å². The molecule has 4 heteroatoms. The molecule has 19 heavy (non-hydrogen) atoms. The van der Waals surface area contributed by atoms with Gasteiger partial charge in [-0.2, -0.15) is 0 Å². The monoisotopic (exact) mass is 259 g/mol. The van der Waals surface area contributed by atoms with Crippen molar-refractivity contribution in [3.8, 4) is 0 Å². The van der Waals surface area contributed by atoms with E-state index in [1.165, 1.54) is 0 Å². The second-order valence-corrected chi connectivity index (χ2v) is 4.59. The average molecular weight is 259 g/mol. The van der Waals surface area contributed by atoms with E-state index in [4.69, 9.17) is 5.11 Å². The molecule has 1 aromatic carbocycles. The zero-order valence-corrected chi connectivity index (χ0v) is 10.7. The van der Waals surface area contributed by atoms with E-state index in [1.54, 1.807) is 4.90 Å². The Morgan fingerprint density at radius 3 is 2.58 bits per heavy atom. The van der Waals surface area contributed by atoms with Crippen LogP contribution < -0.4 is 0 Å². The van der Waals surface area contributed by atoms with E-state index >= 15 is 0 Å². The highest BCUT2D eigenvalue weighted by Crippen LogP contribution is 2.23. The third kappa shape index (κ3) is 3.44. The molecule has 1 aliphatic heterocycles. The summed E-state index contributed by atoms with van der Waals surface area (Å²) >= 11 is 0. The third-order valence-corrected chi connectivity index (χ3v) is 3.19. The zero-order valence-electron chi connectivity index (χ0n) is 10.7. The SMILES string of the molecule is O=C(O)C=C(c1ccccc1)N1CCCCCC1=O. The summed E-state index contributed by atoms with van der Waals surface area (Å²) in [6, 6.07) is 9.20. The predicted molar refractivity (Wildman–Crippen MR) is 72.2 cm³/mol. The van der Waals surface area contributed by atoms with Crippen molar-refractivity contribution < 1.29 is 14.7 Å². The van der Waals surface area contributed by atoms with Crippen LogP contribution >= 0.6 is 0 Å². The van der Waals surface area contributed by atoms with Crippen LogP contribution in [0.25, 0.3) is 5.70 Å². The van der Waals surface area contributed by atoms with Crippen LogP contribution in [0.5, 0.6) is 0 Å². The Bertz CT molecular complexity index is 493. The van der Waals surface area contributed by atoms with Gasteiger partial charge in [0.15, 0.2) is 0 Å². The minimum atomic E-state index is -1.03. The van der Waals surface area contributed by atoms with E-state index in [0.29, 0.717) is 18.7 Å². The molecule has 0 saturated carbocycles. The molecule has 0 atom stereocenters. The van der Waals surface area contributed by atoms with Crippen molar-refractivity contribution in [1.82, 2.24) is 4.90 Å². The summed E-state index contributed by atoms with van der Waals surface area (Å²) < 4.78 is 0. The number of rotatable bonds is 3. The van der Waals surface area contributed by atoms with Crippen molar-refractivity contribution in [1.29, 1.82) is 0 Å². The molecular formula is C15H17NO3. The molecule has 0 aromatic heterocycles. The number of hydrogen-bond donors (Lipinski definition) is 1. The van der Waals surface area contributed by atoms with E-state index in [1.807, 2.05) is 30.3 Å². The van der Waals surface area contributed by atoms with Gasteiger partial charge in [0.2, 0.25) is 5.91 Å². The highest BCUT2D eigenvalue weighted by atomic mass is 16.4. The number of amides is 1. The molecule has 1 aliphatic rings. The quantitative estimate of drug-likeness (QED) is 0.848. The molecule has 2 rings (SSSR count). The fourth-order valence-corrected chi connectivity index (χ4v) is 2.28. The number of carbonyl (C=O) groups is 2. The lowest BCUT2D eigenvalue weighted by molar-refractivity contribution is -0.131. The summed E-state index contributed by atoms with van der Waals surface area (Å²) in [6.07, 6.45) is 4.42. The van der Waals surface area contributed by atoms with Crippen molar-refractivity contribution in [2.45, 2.75) is 25.7 Å². The Balaban J connectivity index is 2.37. The summed E-state index contributed by atoms with van der Waals surface area (Å²) in [5.41, 5.74) is 1.25. The molecule has 0 spiro atoms. The second-order valence-electron chi connectivity index (χ2n) is 4.59. The Morgan fingerprint density at radius 2 is 1.89 bits per heavy atom. The first kappa shape index (κ1) is 13.3. The maximum atomic E-state index is 12.1.